The molecule has 5 rings (SSSR count). The lowest BCUT2D eigenvalue weighted by Crippen LogP contribution is -2.34. The second-order valence-corrected chi connectivity index (χ2v) is 8.23. The Hall–Kier alpha value is -3.31. The monoisotopic (exact) mass is 414 g/mol. The molecule has 0 bridgehead atoms. The van der Waals surface area contributed by atoms with Crippen LogP contribution in [0.4, 0.5) is 0 Å². The lowest BCUT2D eigenvalue weighted by Gasteiger charge is -2.20. The van der Waals surface area contributed by atoms with E-state index in [4.69, 9.17) is 8.83 Å². The van der Waals surface area contributed by atoms with Gasteiger partial charge in [0.1, 0.15) is 11.3 Å². The summed E-state index contributed by atoms with van der Waals surface area (Å²) in [6, 6.07) is 20.6. The number of benzene rings is 2. The smallest absolute Gasteiger partial charge is 0.289 e. The van der Waals surface area contributed by atoms with Crippen LogP contribution in [0.3, 0.4) is 0 Å². The van der Waals surface area contributed by atoms with Crippen molar-refractivity contribution in [1.82, 2.24) is 9.80 Å². The van der Waals surface area contributed by atoms with Crippen LogP contribution in [0.1, 0.15) is 28.3 Å². The van der Waals surface area contributed by atoms with Crippen LogP contribution in [-0.4, -0.2) is 41.9 Å². The highest BCUT2D eigenvalue weighted by Crippen LogP contribution is 2.27. The summed E-state index contributed by atoms with van der Waals surface area (Å²) < 4.78 is 11.4. The van der Waals surface area contributed by atoms with Crippen LogP contribution in [0.5, 0.6) is 0 Å². The molecular formula is C26H26N2O3. The lowest BCUT2D eigenvalue weighted by molar-refractivity contribution is 0.0729. The number of hydrogen-bond acceptors (Lipinski definition) is 4. The van der Waals surface area contributed by atoms with Gasteiger partial charge in [-0.05, 0) is 54.8 Å². The fourth-order valence-electron chi connectivity index (χ4n) is 4.21. The number of carbonyl (C=O) groups is 1. The Balaban J connectivity index is 1.27. The highest BCUT2D eigenvalue weighted by molar-refractivity contribution is 5.91. The maximum Gasteiger partial charge on any atom is 0.289 e. The van der Waals surface area contributed by atoms with E-state index in [0.717, 1.165) is 49.3 Å². The molecule has 0 saturated carbocycles. The van der Waals surface area contributed by atoms with E-state index < -0.39 is 0 Å². The van der Waals surface area contributed by atoms with Crippen molar-refractivity contribution in [3.05, 3.63) is 84.0 Å². The fourth-order valence-corrected chi connectivity index (χ4v) is 4.21. The van der Waals surface area contributed by atoms with Crippen LogP contribution >= 0.6 is 0 Å². The van der Waals surface area contributed by atoms with Crippen molar-refractivity contribution in [2.45, 2.75) is 19.9 Å². The van der Waals surface area contributed by atoms with E-state index in [1.165, 1.54) is 16.7 Å². The predicted octanol–water partition coefficient (Wildman–Crippen LogP) is 5.35. The molecule has 2 aromatic carbocycles. The molecule has 1 saturated heterocycles. The Morgan fingerprint density at radius 2 is 1.77 bits per heavy atom. The summed E-state index contributed by atoms with van der Waals surface area (Å²) in [6.45, 7) is 6.04. The second kappa shape index (κ2) is 8.44. The highest BCUT2D eigenvalue weighted by atomic mass is 16.3. The summed E-state index contributed by atoms with van der Waals surface area (Å²) in [4.78, 5) is 16.8. The Kier molecular flexibility index (Phi) is 5.35. The van der Waals surface area contributed by atoms with E-state index in [1.54, 1.807) is 18.4 Å². The molecular weight excluding hydrogens is 388 g/mol. The zero-order valence-corrected chi connectivity index (χ0v) is 17.7. The van der Waals surface area contributed by atoms with E-state index in [-0.39, 0.29) is 5.91 Å². The Morgan fingerprint density at radius 1 is 0.935 bits per heavy atom. The van der Waals surface area contributed by atoms with Gasteiger partial charge in [0.05, 0.1) is 12.8 Å². The van der Waals surface area contributed by atoms with Gasteiger partial charge in [-0.2, -0.15) is 0 Å². The first-order chi connectivity index (χ1) is 15.2. The van der Waals surface area contributed by atoms with Gasteiger partial charge < -0.3 is 13.7 Å². The molecule has 0 unspecified atom stereocenters. The molecule has 5 nitrogen and oxygen atoms in total. The number of aryl methyl sites for hydroxylation is 1. The molecule has 0 spiro atoms. The molecule has 1 aliphatic heterocycles. The highest BCUT2D eigenvalue weighted by Gasteiger charge is 2.22. The summed E-state index contributed by atoms with van der Waals surface area (Å²) in [5.41, 5.74) is 4.58. The number of rotatable bonds is 4. The summed E-state index contributed by atoms with van der Waals surface area (Å²) in [7, 11) is 0. The number of carbonyl (C=O) groups excluding carboxylic acids is 1. The molecule has 1 amide bonds. The van der Waals surface area contributed by atoms with Crippen molar-refractivity contribution in [3.63, 3.8) is 0 Å². The minimum absolute atomic E-state index is 0.0285. The maximum atomic E-state index is 12.6. The van der Waals surface area contributed by atoms with Crippen LogP contribution < -0.4 is 0 Å². The fraction of sp³-hybridized carbons (Fsp3) is 0.269. The van der Waals surface area contributed by atoms with Gasteiger partial charge in [-0.25, -0.2) is 0 Å². The molecule has 0 atom stereocenters. The molecule has 1 aliphatic rings. The predicted molar refractivity (Wildman–Crippen MR) is 121 cm³/mol. The van der Waals surface area contributed by atoms with Gasteiger partial charge in [-0.1, -0.05) is 35.9 Å². The Labute approximate surface area is 181 Å². The molecule has 31 heavy (non-hydrogen) atoms. The third-order valence-electron chi connectivity index (χ3n) is 5.94. The average Bonchev–Trinajstić information content (AvgIpc) is 3.39. The van der Waals surface area contributed by atoms with Crippen molar-refractivity contribution >= 4 is 16.9 Å². The van der Waals surface area contributed by atoms with Crippen molar-refractivity contribution in [1.29, 1.82) is 0 Å². The molecule has 1 fully saturated rings. The average molecular weight is 415 g/mol. The first kappa shape index (κ1) is 19.6. The van der Waals surface area contributed by atoms with Gasteiger partial charge in [0.15, 0.2) is 5.76 Å². The topological polar surface area (TPSA) is 49.8 Å². The summed E-state index contributed by atoms with van der Waals surface area (Å²) in [5, 5.41) is 1.12. The third kappa shape index (κ3) is 4.28. The van der Waals surface area contributed by atoms with Crippen LogP contribution in [0.2, 0.25) is 0 Å². The van der Waals surface area contributed by atoms with E-state index in [2.05, 4.69) is 60.4 Å². The SMILES string of the molecule is Cc1ccc(-c2ccc3oc(CN4CCCN(C(=O)c5ccco5)CC4)cc3c2)cc1. The van der Waals surface area contributed by atoms with Gasteiger partial charge in [0.25, 0.3) is 5.91 Å². The van der Waals surface area contributed by atoms with E-state index in [1.807, 2.05) is 4.90 Å². The molecule has 4 aromatic rings. The minimum Gasteiger partial charge on any atom is -0.460 e. The van der Waals surface area contributed by atoms with Crippen LogP contribution in [0.25, 0.3) is 22.1 Å². The van der Waals surface area contributed by atoms with Crippen molar-refractivity contribution in [2.24, 2.45) is 0 Å². The standard InChI is InChI=1S/C26H26N2O3/c1-19-5-7-20(8-6-19)21-9-10-24-22(16-21)17-23(31-24)18-27-11-3-12-28(14-13-27)26(29)25-4-2-15-30-25/h2,4-10,15-17H,3,11-14,18H2,1H3. The number of amides is 1. The lowest BCUT2D eigenvalue weighted by atomic mass is 10.0. The van der Waals surface area contributed by atoms with E-state index in [0.29, 0.717) is 12.3 Å². The van der Waals surface area contributed by atoms with Crippen molar-refractivity contribution < 1.29 is 13.6 Å². The largest absolute Gasteiger partial charge is 0.460 e. The third-order valence-corrected chi connectivity index (χ3v) is 5.94. The van der Waals surface area contributed by atoms with E-state index in [9.17, 15) is 4.79 Å². The van der Waals surface area contributed by atoms with Gasteiger partial charge >= 0.3 is 0 Å². The molecule has 158 valence electrons. The first-order valence-corrected chi connectivity index (χ1v) is 10.8. The quantitative estimate of drug-likeness (QED) is 0.452. The van der Waals surface area contributed by atoms with Gasteiger partial charge in [-0.15, -0.1) is 0 Å². The zero-order valence-electron chi connectivity index (χ0n) is 17.7. The molecule has 0 aliphatic carbocycles. The summed E-state index contributed by atoms with van der Waals surface area (Å²) >= 11 is 0. The number of hydrogen-bond donors (Lipinski definition) is 0. The molecule has 0 radical (unpaired) electrons. The zero-order chi connectivity index (χ0) is 21.2. The number of furan rings is 2. The minimum atomic E-state index is -0.0285. The van der Waals surface area contributed by atoms with E-state index >= 15 is 0 Å². The van der Waals surface area contributed by atoms with Gasteiger partial charge in [0, 0.05) is 31.6 Å². The summed E-state index contributed by atoms with van der Waals surface area (Å²) in [6.07, 6.45) is 2.48. The van der Waals surface area contributed by atoms with Crippen molar-refractivity contribution in [2.75, 3.05) is 26.2 Å². The number of fused-ring (bicyclic) bond motifs is 1. The molecule has 2 aromatic heterocycles. The normalized spacial score (nSPS) is 15.3. The van der Waals surface area contributed by atoms with Crippen LogP contribution in [0.15, 0.2) is 75.8 Å². The maximum absolute atomic E-state index is 12.6. The second-order valence-electron chi connectivity index (χ2n) is 8.23. The Bertz CT molecular complexity index is 1180. The molecule has 3 heterocycles. The van der Waals surface area contributed by atoms with Crippen LogP contribution in [0, 0.1) is 6.92 Å². The van der Waals surface area contributed by atoms with Crippen LogP contribution in [-0.2, 0) is 6.54 Å². The summed E-state index contributed by atoms with van der Waals surface area (Å²) in [5.74, 6) is 1.34. The molecule has 5 heteroatoms. The molecule has 0 N–H and O–H groups in total. The van der Waals surface area contributed by atoms with Crippen molar-refractivity contribution in [3.8, 4) is 11.1 Å². The number of nitrogens with zero attached hydrogens (tertiary/aromatic N) is 2. The first-order valence-electron chi connectivity index (χ1n) is 10.8. The van der Waals surface area contributed by atoms with Gasteiger partial charge in [-0.3, -0.25) is 9.69 Å². The van der Waals surface area contributed by atoms with Gasteiger partial charge in [0.2, 0.25) is 0 Å². The Morgan fingerprint density at radius 3 is 2.58 bits per heavy atom.